The van der Waals surface area contributed by atoms with Crippen molar-refractivity contribution in [3.05, 3.63) is 77.5 Å². The van der Waals surface area contributed by atoms with E-state index in [2.05, 4.69) is 86.8 Å². The maximum atomic E-state index is 4.94. The third kappa shape index (κ3) is 3.37. The molecule has 1 unspecified atom stereocenters. The van der Waals surface area contributed by atoms with Gasteiger partial charge in [0.25, 0.3) is 0 Å². The molecule has 31 heavy (non-hydrogen) atoms. The van der Waals surface area contributed by atoms with Crippen molar-refractivity contribution in [2.24, 2.45) is 0 Å². The van der Waals surface area contributed by atoms with Crippen LogP contribution >= 0.6 is 0 Å². The lowest BCUT2D eigenvalue weighted by molar-refractivity contribution is 0.534. The Morgan fingerprint density at radius 1 is 1.03 bits per heavy atom. The van der Waals surface area contributed by atoms with Crippen molar-refractivity contribution in [3.8, 4) is 0 Å². The van der Waals surface area contributed by atoms with Crippen LogP contribution < -0.4 is 21.1 Å². The van der Waals surface area contributed by atoms with Crippen LogP contribution in [0.4, 0.5) is 17.6 Å². The van der Waals surface area contributed by atoms with E-state index in [9.17, 15) is 0 Å². The van der Waals surface area contributed by atoms with Gasteiger partial charge in [0.1, 0.15) is 5.82 Å². The lowest BCUT2D eigenvalue weighted by Crippen LogP contribution is -2.34. The molecule has 0 amide bonds. The molecule has 2 aromatic heterocycles. The second kappa shape index (κ2) is 7.59. The molecular weight excluding hydrogens is 386 g/mol. The molecule has 0 saturated carbocycles. The largest absolute Gasteiger partial charge is 0.361 e. The molecule has 0 radical (unpaired) electrons. The summed E-state index contributed by atoms with van der Waals surface area (Å²) in [6.45, 7) is 2.59. The zero-order valence-electron chi connectivity index (χ0n) is 17.2. The number of H-pyrrole nitrogens is 1. The summed E-state index contributed by atoms with van der Waals surface area (Å²) in [6, 6.07) is 19.3. The summed E-state index contributed by atoms with van der Waals surface area (Å²) in [5.74, 6) is 2.59. The van der Waals surface area contributed by atoms with Gasteiger partial charge in [-0.2, -0.15) is 9.97 Å². The number of aromatic amines is 1. The normalized spacial score (nSPS) is 16.9. The van der Waals surface area contributed by atoms with Gasteiger partial charge in [-0.1, -0.05) is 48.5 Å². The number of rotatable bonds is 6. The van der Waals surface area contributed by atoms with Gasteiger partial charge in [-0.3, -0.25) is 0 Å². The number of anilines is 3. The van der Waals surface area contributed by atoms with E-state index in [-0.39, 0.29) is 6.04 Å². The zero-order chi connectivity index (χ0) is 20.6. The Kier molecular flexibility index (Phi) is 4.46. The minimum Gasteiger partial charge on any atom is -0.361 e. The molecule has 2 aromatic carbocycles. The average molecular weight is 412 g/mol. The van der Waals surface area contributed by atoms with Crippen LogP contribution in [0.25, 0.3) is 10.9 Å². The summed E-state index contributed by atoms with van der Waals surface area (Å²) in [7, 11) is 0. The first-order valence-electron chi connectivity index (χ1n) is 10.9. The average Bonchev–Trinajstić information content (AvgIpc) is 3.41. The number of hydrogen-bond acceptors (Lipinski definition) is 6. The first-order chi connectivity index (χ1) is 15.3. The molecule has 7 heteroatoms. The summed E-state index contributed by atoms with van der Waals surface area (Å²) in [5.41, 5.74) is 11.6. The van der Waals surface area contributed by atoms with Gasteiger partial charge < -0.3 is 20.6 Å². The van der Waals surface area contributed by atoms with Gasteiger partial charge in [0, 0.05) is 36.7 Å². The van der Waals surface area contributed by atoms with Gasteiger partial charge in [0.2, 0.25) is 5.95 Å². The predicted octanol–water partition coefficient (Wildman–Crippen LogP) is 3.99. The van der Waals surface area contributed by atoms with Gasteiger partial charge >= 0.3 is 0 Å². The number of aromatic nitrogens is 3. The maximum Gasteiger partial charge on any atom is 0.226 e. The summed E-state index contributed by atoms with van der Waals surface area (Å²) >= 11 is 0. The van der Waals surface area contributed by atoms with Gasteiger partial charge in [-0.05, 0) is 30.0 Å². The summed E-state index contributed by atoms with van der Waals surface area (Å²) in [4.78, 5) is 15.4. The number of nitrogens with zero attached hydrogens (tertiary/aromatic N) is 3. The van der Waals surface area contributed by atoms with Crippen LogP contribution in [-0.4, -0.2) is 28.0 Å². The Morgan fingerprint density at radius 3 is 2.84 bits per heavy atom. The molecule has 156 valence electrons. The zero-order valence-corrected chi connectivity index (χ0v) is 17.2. The van der Waals surface area contributed by atoms with Gasteiger partial charge in [-0.15, -0.1) is 0 Å². The highest BCUT2D eigenvalue weighted by Crippen LogP contribution is 2.41. The molecule has 7 nitrogen and oxygen atoms in total. The third-order valence-corrected chi connectivity index (χ3v) is 6.19. The summed E-state index contributed by atoms with van der Waals surface area (Å²) < 4.78 is 0. The van der Waals surface area contributed by atoms with Crippen LogP contribution in [0.1, 0.15) is 29.2 Å². The van der Waals surface area contributed by atoms with E-state index in [0.29, 0.717) is 5.95 Å². The first-order valence-corrected chi connectivity index (χ1v) is 10.9. The molecule has 0 fully saturated rings. The lowest BCUT2D eigenvalue weighted by Gasteiger charge is -2.32. The predicted molar refractivity (Wildman–Crippen MR) is 124 cm³/mol. The monoisotopic (exact) mass is 411 g/mol. The van der Waals surface area contributed by atoms with Gasteiger partial charge in [-0.25, -0.2) is 5.43 Å². The molecule has 0 saturated heterocycles. The van der Waals surface area contributed by atoms with E-state index in [4.69, 9.17) is 9.97 Å². The molecular formula is C24H25N7. The smallest absolute Gasteiger partial charge is 0.226 e. The number of fused-ring (bicyclic) bond motifs is 1. The summed E-state index contributed by atoms with van der Waals surface area (Å²) in [5, 5.41) is 4.72. The Hall–Kier alpha value is -3.58. The van der Waals surface area contributed by atoms with Crippen molar-refractivity contribution in [1.82, 2.24) is 20.4 Å². The fourth-order valence-electron chi connectivity index (χ4n) is 4.63. The number of benzene rings is 2. The molecule has 0 spiro atoms. The molecule has 4 heterocycles. The van der Waals surface area contributed by atoms with Crippen molar-refractivity contribution < 1.29 is 0 Å². The molecule has 6 rings (SSSR count). The highest BCUT2D eigenvalue weighted by molar-refractivity contribution is 5.83. The van der Waals surface area contributed by atoms with E-state index in [0.717, 1.165) is 44.1 Å². The molecule has 1 atom stereocenters. The molecule has 0 aliphatic carbocycles. The summed E-state index contributed by atoms with van der Waals surface area (Å²) in [6.07, 6.45) is 4.04. The Balaban J connectivity index is 1.23. The Labute approximate surface area is 180 Å². The van der Waals surface area contributed by atoms with Crippen molar-refractivity contribution in [2.75, 3.05) is 28.7 Å². The van der Waals surface area contributed by atoms with Crippen LogP contribution in [0.15, 0.2) is 60.8 Å². The Morgan fingerprint density at radius 2 is 1.90 bits per heavy atom. The maximum absolute atomic E-state index is 4.94. The highest BCUT2D eigenvalue weighted by Gasteiger charge is 2.34. The van der Waals surface area contributed by atoms with E-state index < -0.39 is 0 Å². The van der Waals surface area contributed by atoms with Crippen LogP contribution in [0.3, 0.4) is 0 Å². The molecule has 2 aliphatic heterocycles. The fourth-order valence-corrected chi connectivity index (χ4v) is 4.63. The van der Waals surface area contributed by atoms with E-state index in [1.165, 1.54) is 27.6 Å². The van der Waals surface area contributed by atoms with E-state index in [1.54, 1.807) is 0 Å². The second-order valence-corrected chi connectivity index (χ2v) is 8.19. The van der Waals surface area contributed by atoms with Crippen LogP contribution in [0, 0.1) is 0 Å². The van der Waals surface area contributed by atoms with Crippen LogP contribution in [-0.2, 0) is 13.0 Å². The minimum absolute atomic E-state index is 0.275. The SMILES string of the molecule is c1ccc(CN2CCC3NNc4nc(NCCc5c[nH]c6ccccc56)nc2c43)cc1. The van der Waals surface area contributed by atoms with Crippen molar-refractivity contribution in [2.45, 2.75) is 25.4 Å². The van der Waals surface area contributed by atoms with Gasteiger partial charge in [0.15, 0.2) is 5.82 Å². The molecule has 4 N–H and O–H groups in total. The number of hydrazine groups is 1. The molecule has 2 aliphatic rings. The molecule has 4 aromatic rings. The minimum atomic E-state index is 0.275. The van der Waals surface area contributed by atoms with E-state index in [1.807, 2.05) is 0 Å². The lowest BCUT2D eigenvalue weighted by atomic mass is 10.0. The highest BCUT2D eigenvalue weighted by atomic mass is 15.4. The second-order valence-electron chi connectivity index (χ2n) is 8.19. The van der Waals surface area contributed by atoms with Crippen LogP contribution in [0.2, 0.25) is 0 Å². The molecule has 0 bridgehead atoms. The van der Waals surface area contributed by atoms with Crippen molar-refractivity contribution in [3.63, 3.8) is 0 Å². The van der Waals surface area contributed by atoms with Crippen molar-refractivity contribution in [1.29, 1.82) is 0 Å². The Bertz CT molecular complexity index is 1220. The fraction of sp³-hybridized carbons (Fsp3) is 0.250. The number of para-hydroxylation sites is 1. The van der Waals surface area contributed by atoms with E-state index >= 15 is 0 Å². The van der Waals surface area contributed by atoms with Crippen LogP contribution in [0.5, 0.6) is 0 Å². The van der Waals surface area contributed by atoms with Crippen molar-refractivity contribution >= 4 is 28.5 Å². The standard InChI is InChI=1S/C24H25N7/c1-2-6-16(7-3-1)15-31-13-11-20-21-22(30-29-20)27-24(28-23(21)31)25-12-10-17-14-26-19-9-5-4-8-18(17)19/h1-9,14,20,26,29H,10-13,15H2,(H2,25,27,28,30). The first kappa shape index (κ1) is 18.2. The third-order valence-electron chi connectivity index (χ3n) is 6.19. The topological polar surface area (TPSA) is 80.9 Å². The number of nitrogens with one attached hydrogen (secondary N) is 4. The van der Waals surface area contributed by atoms with Gasteiger partial charge in [0.05, 0.1) is 11.6 Å². The number of hydrogen-bond donors (Lipinski definition) is 4. The quantitative estimate of drug-likeness (QED) is 0.384.